The van der Waals surface area contributed by atoms with E-state index >= 15 is 0 Å². The number of halogens is 6. The lowest BCUT2D eigenvalue weighted by molar-refractivity contribution is -0.143. The van der Waals surface area contributed by atoms with Crippen LogP contribution in [0.1, 0.15) is 73.3 Å². The van der Waals surface area contributed by atoms with Gasteiger partial charge in [0.15, 0.2) is 0 Å². The van der Waals surface area contributed by atoms with Gasteiger partial charge >= 0.3 is 18.4 Å². The van der Waals surface area contributed by atoms with Crippen molar-refractivity contribution in [3.05, 3.63) is 70.8 Å². The highest BCUT2D eigenvalue weighted by atomic mass is 19.4. The molecule has 2 fully saturated rings. The smallest absolute Gasteiger partial charge is 0.416 e. The lowest BCUT2D eigenvalue weighted by Gasteiger charge is -2.41. The third-order valence-corrected chi connectivity index (χ3v) is 7.95. The van der Waals surface area contributed by atoms with Gasteiger partial charge < -0.3 is 20.1 Å². The molecule has 1 heterocycles. The second kappa shape index (κ2) is 12.3. The molecule has 2 amide bonds. The second-order valence-corrected chi connectivity index (χ2v) is 10.7. The molecule has 2 aliphatic rings. The summed E-state index contributed by atoms with van der Waals surface area (Å²) in [5.74, 6) is -0.645. The Morgan fingerprint density at radius 2 is 1.51 bits per heavy atom. The predicted molar refractivity (Wildman–Crippen MR) is 137 cm³/mol. The third kappa shape index (κ3) is 7.72. The summed E-state index contributed by atoms with van der Waals surface area (Å²) in [6, 6.07) is 10.4. The molecule has 12 heteroatoms. The van der Waals surface area contributed by atoms with Crippen LogP contribution < -0.4 is 5.32 Å². The van der Waals surface area contributed by atoms with E-state index in [0.717, 1.165) is 5.56 Å². The lowest BCUT2D eigenvalue weighted by Crippen LogP contribution is -2.49. The van der Waals surface area contributed by atoms with Crippen molar-refractivity contribution in [1.29, 1.82) is 0 Å². The monoisotopic (exact) mass is 586 g/mol. The van der Waals surface area contributed by atoms with Gasteiger partial charge in [-0.15, -0.1) is 0 Å². The maximum absolute atomic E-state index is 13.4. The summed E-state index contributed by atoms with van der Waals surface area (Å²) in [4.78, 5) is 26.1. The molecular formula is C29H32F6N2O4. The summed E-state index contributed by atoms with van der Waals surface area (Å²) in [6.45, 7) is 2.03. The largest absolute Gasteiger partial charge is 0.465 e. The number of nitrogens with one attached hydrogen (secondary N) is 1. The van der Waals surface area contributed by atoms with Crippen LogP contribution in [0.4, 0.5) is 31.1 Å². The fourth-order valence-corrected chi connectivity index (χ4v) is 5.79. The molecule has 0 bridgehead atoms. The Kier molecular flexibility index (Phi) is 9.20. The molecule has 2 aromatic carbocycles. The first-order chi connectivity index (χ1) is 19.2. The van der Waals surface area contributed by atoms with E-state index in [1.54, 1.807) is 4.90 Å². The van der Waals surface area contributed by atoms with Crippen molar-refractivity contribution in [3.63, 3.8) is 0 Å². The van der Waals surface area contributed by atoms with Gasteiger partial charge in [-0.1, -0.05) is 30.3 Å². The van der Waals surface area contributed by atoms with Crippen LogP contribution in [0.25, 0.3) is 0 Å². The second-order valence-electron chi connectivity index (χ2n) is 10.7. The normalized spacial score (nSPS) is 24.5. The lowest BCUT2D eigenvalue weighted by atomic mass is 9.83. The van der Waals surface area contributed by atoms with E-state index in [2.05, 4.69) is 5.32 Å². The molecule has 1 aliphatic heterocycles. The van der Waals surface area contributed by atoms with E-state index in [4.69, 9.17) is 9.84 Å². The minimum absolute atomic E-state index is 0.0427. The highest BCUT2D eigenvalue weighted by Gasteiger charge is 2.40. The Balaban J connectivity index is 1.51. The standard InChI is InChI=1S/C29H32F6N2O4/c1-17(20-13-21(28(30,31)32)15-22(14-20)29(33,34)35)41-25-11-12-37(16-24(25)18-5-3-2-4-6-18)26(38)19-7-9-23(10-8-19)36-27(39)40/h2-6,13-15,17,19,23-25,36H,7-12,16H2,1H3,(H,39,40)/t17-,19?,23?,24-,25-/m1/s1. The van der Waals surface area contributed by atoms with Crippen LogP contribution >= 0.6 is 0 Å². The van der Waals surface area contributed by atoms with Crippen molar-refractivity contribution in [2.45, 2.75) is 75.5 Å². The Hall–Kier alpha value is -3.28. The van der Waals surface area contributed by atoms with Crippen LogP contribution in [0.5, 0.6) is 0 Å². The van der Waals surface area contributed by atoms with Crippen molar-refractivity contribution in [1.82, 2.24) is 10.2 Å². The molecule has 41 heavy (non-hydrogen) atoms. The molecule has 1 saturated carbocycles. The topological polar surface area (TPSA) is 78.9 Å². The van der Waals surface area contributed by atoms with Crippen molar-refractivity contribution >= 4 is 12.0 Å². The molecule has 2 N–H and O–H groups in total. The zero-order chi connectivity index (χ0) is 29.9. The molecule has 0 spiro atoms. The first-order valence-electron chi connectivity index (χ1n) is 13.5. The van der Waals surface area contributed by atoms with Gasteiger partial charge in [-0.2, -0.15) is 26.3 Å². The van der Waals surface area contributed by atoms with Crippen LogP contribution in [0.2, 0.25) is 0 Å². The molecular weight excluding hydrogens is 554 g/mol. The number of hydrogen-bond acceptors (Lipinski definition) is 3. The molecule has 3 atom stereocenters. The quantitative estimate of drug-likeness (QED) is 0.357. The van der Waals surface area contributed by atoms with Crippen molar-refractivity contribution in [2.75, 3.05) is 13.1 Å². The summed E-state index contributed by atoms with van der Waals surface area (Å²) >= 11 is 0. The average Bonchev–Trinajstić information content (AvgIpc) is 2.92. The Morgan fingerprint density at radius 1 is 0.927 bits per heavy atom. The molecule has 0 unspecified atom stereocenters. The first-order valence-corrected chi connectivity index (χ1v) is 13.5. The summed E-state index contributed by atoms with van der Waals surface area (Å²) in [5.41, 5.74) is -2.18. The van der Waals surface area contributed by atoms with E-state index in [-0.39, 0.29) is 42.0 Å². The average molecular weight is 587 g/mol. The number of carboxylic acid groups (broad SMARTS) is 1. The summed E-state index contributed by atoms with van der Waals surface area (Å²) in [7, 11) is 0. The molecule has 0 radical (unpaired) electrons. The first kappa shape index (κ1) is 30.7. The summed E-state index contributed by atoms with van der Waals surface area (Å²) < 4.78 is 86.7. The zero-order valence-corrected chi connectivity index (χ0v) is 22.3. The van der Waals surface area contributed by atoms with Gasteiger partial charge in [0.2, 0.25) is 5.91 Å². The van der Waals surface area contributed by atoms with E-state index in [9.17, 15) is 35.9 Å². The molecule has 6 nitrogen and oxygen atoms in total. The van der Waals surface area contributed by atoms with Crippen LogP contribution in [-0.4, -0.2) is 47.2 Å². The third-order valence-electron chi connectivity index (χ3n) is 7.95. The molecule has 1 aliphatic carbocycles. The maximum atomic E-state index is 13.4. The Labute approximate surface area is 233 Å². The highest BCUT2D eigenvalue weighted by molar-refractivity contribution is 5.79. The number of carbonyl (C=O) groups excluding carboxylic acids is 1. The van der Waals surface area contributed by atoms with Crippen molar-refractivity contribution in [2.24, 2.45) is 5.92 Å². The molecule has 0 aromatic heterocycles. The summed E-state index contributed by atoms with van der Waals surface area (Å²) in [5, 5.41) is 11.4. The van der Waals surface area contributed by atoms with E-state index < -0.39 is 41.8 Å². The van der Waals surface area contributed by atoms with Gasteiger partial charge in [-0.05, 0) is 68.4 Å². The SMILES string of the molecule is C[C@@H](O[C@@H]1CCN(C(=O)C2CCC(NC(=O)O)CC2)C[C@@H]1c1ccccc1)c1cc(C(F)(F)F)cc(C(F)(F)F)c1. The number of amides is 2. The molecule has 4 rings (SSSR count). The van der Waals surface area contributed by atoms with Crippen LogP contribution in [0.3, 0.4) is 0 Å². The van der Waals surface area contributed by atoms with Gasteiger partial charge in [0.1, 0.15) is 0 Å². The van der Waals surface area contributed by atoms with Gasteiger partial charge in [0.25, 0.3) is 0 Å². The van der Waals surface area contributed by atoms with Gasteiger partial charge in [-0.3, -0.25) is 4.79 Å². The number of alkyl halides is 6. The number of ether oxygens (including phenoxy) is 1. The predicted octanol–water partition coefficient (Wildman–Crippen LogP) is 7.01. The van der Waals surface area contributed by atoms with Crippen molar-refractivity contribution in [3.8, 4) is 0 Å². The van der Waals surface area contributed by atoms with E-state index in [0.29, 0.717) is 50.8 Å². The van der Waals surface area contributed by atoms with Gasteiger partial charge in [0, 0.05) is 31.0 Å². The van der Waals surface area contributed by atoms with Crippen LogP contribution in [0.15, 0.2) is 48.5 Å². The molecule has 1 saturated heterocycles. The number of nitrogens with zero attached hydrogens (tertiary/aromatic N) is 1. The minimum atomic E-state index is -4.96. The number of benzene rings is 2. The highest BCUT2D eigenvalue weighted by Crippen LogP contribution is 2.40. The molecule has 224 valence electrons. The van der Waals surface area contributed by atoms with Crippen LogP contribution in [0, 0.1) is 5.92 Å². The molecule has 2 aromatic rings. The zero-order valence-electron chi connectivity index (χ0n) is 22.3. The maximum Gasteiger partial charge on any atom is 0.416 e. The summed E-state index contributed by atoms with van der Waals surface area (Å²) in [6.07, 6.45) is -10.1. The van der Waals surface area contributed by atoms with Crippen LogP contribution in [-0.2, 0) is 21.9 Å². The number of rotatable bonds is 6. The Bertz CT molecular complexity index is 1180. The van der Waals surface area contributed by atoms with E-state index in [1.807, 2.05) is 30.3 Å². The van der Waals surface area contributed by atoms with E-state index in [1.165, 1.54) is 6.92 Å². The van der Waals surface area contributed by atoms with Gasteiger partial charge in [0.05, 0.1) is 23.3 Å². The number of hydrogen-bond donors (Lipinski definition) is 2. The Morgan fingerprint density at radius 3 is 2.05 bits per heavy atom. The fraction of sp³-hybridized carbons (Fsp3) is 0.517. The number of likely N-dealkylation sites (tertiary alicyclic amines) is 1. The minimum Gasteiger partial charge on any atom is -0.465 e. The fourth-order valence-electron chi connectivity index (χ4n) is 5.79. The van der Waals surface area contributed by atoms with Crippen molar-refractivity contribution < 1.29 is 45.8 Å². The number of carbonyl (C=O) groups is 2. The van der Waals surface area contributed by atoms with Gasteiger partial charge in [-0.25, -0.2) is 4.79 Å². The number of piperidine rings is 1.